The molecule has 9 heteroatoms. The van der Waals surface area contributed by atoms with Gasteiger partial charge in [0.05, 0.1) is 6.61 Å². The first kappa shape index (κ1) is 36.6. The van der Waals surface area contributed by atoms with E-state index >= 15 is 0 Å². The molecule has 0 aliphatic carbocycles. The van der Waals surface area contributed by atoms with E-state index in [1.165, 1.54) is 103 Å². The largest absolute Gasteiger partial charge is 0.394 e. The number of halogens is 3. The Hall–Kier alpha value is 0.630. The molecule has 0 spiro atoms. The van der Waals surface area contributed by atoms with Gasteiger partial charge >= 0.3 is 0 Å². The van der Waals surface area contributed by atoms with E-state index in [1.54, 1.807) is 0 Å². The van der Waals surface area contributed by atoms with Gasteiger partial charge in [-0.25, -0.2) is 0 Å². The van der Waals surface area contributed by atoms with Gasteiger partial charge in [0.25, 0.3) is 0 Å². The molecule has 218 valence electrons. The summed E-state index contributed by atoms with van der Waals surface area (Å²) in [6.07, 6.45) is 17.9. The van der Waals surface area contributed by atoms with Gasteiger partial charge in [0.1, 0.15) is 24.4 Å². The van der Waals surface area contributed by atoms with Crippen LogP contribution in [-0.2, 0) is 9.47 Å². The zero-order chi connectivity index (χ0) is 27.0. The molecule has 1 saturated heterocycles. The minimum Gasteiger partial charge on any atom is -0.394 e. The fraction of sp³-hybridized carbons (Fsp3) is 1.00. The van der Waals surface area contributed by atoms with Gasteiger partial charge in [0.15, 0.2) is 10.6 Å². The van der Waals surface area contributed by atoms with Crippen LogP contribution in [-0.4, -0.2) is 68.6 Å². The third-order valence-corrected chi connectivity index (χ3v) is 6.63. The first-order chi connectivity index (χ1) is 17.3. The van der Waals surface area contributed by atoms with Crippen molar-refractivity contribution in [2.75, 3.05) is 13.2 Å². The number of aliphatic hydroxyl groups excluding tert-OH is 4. The van der Waals surface area contributed by atoms with Crippen LogP contribution in [0.1, 0.15) is 122 Å². The van der Waals surface area contributed by atoms with Crippen LogP contribution in [0.5, 0.6) is 0 Å². The molecule has 1 aliphatic rings. The molecule has 6 nitrogen and oxygen atoms in total. The fourth-order valence-corrected chi connectivity index (χ4v) is 4.41. The van der Waals surface area contributed by atoms with E-state index in [1.807, 2.05) is 0 Å². The Morgan fingerprint density at radius 2 is 0.972 bits per heavy atom. The smallest absolute Gasteiger partial charge is 0.186 e. The molecule has 1 rings (SSSR count). The highest BCUT2D eigenvalue weighted by Crippen LogP contribution is 2.22. The molecule has 1 aliphatic heterocycles. The molecule has 5 unspecified atom stereocenters. The Kier molecular flexibility index (Phi) is 26.3. The summed E-state index contributed by atoms with van der Waals surface area (Å²) in [4.78, 5) is 0. The summed E-state index contributed by atoms with van der Waals surface area (Å²) in [5, 5.41) is 38.6. The van der Waals surface area contributed by atoms with Crippen molar-refractivity contribution in [2.24, 2.45) is 0 Å². The number of hydrogen-bond donors (Lipinski definition) is 4. The number of alkyl halides is 3. The molecule has 0 radical (unpaired) electrons. The monoisotopic (exact) mass is 578 g/mol. The quantitative estimate of drug-likeness (QED) is 0.0878. The molecule has 1 heterocycles. The van der Waals surface area contributed by atoms with E-state index in [4.69, 9.17) is 44.3 Å². The van der Waals surface area contributed by atoms with E-state index in [2.05, 4.69) is 6.92 Å². The molecule has 4 N–H and O–H groups in total. The summed E-state index contributed by atoms with van der Waals surface area (Å²) >= 11 is 14.4. The summed E-state index contributed by atoms with van der Waals surface area (Å²) in [5.41, 5.74) is 0. The number of rotatable bonds is 21. The summed E-state index contributed by atoms with van der Waals surface area (Å²) in [6, 6.07) is 0. The van der Waals surface area contributed by atoms with Gasteiger partial charge in [-0.05, 0) is 6.42 Å². The Bertz CT molecular complexity index is 456. The van der Waals surface area contributed by atoms with Crippen LogP contribution in [0.15, 0.2) is 0 Å². The number of hydrogen-bond acceptors (Lipinski definition) is 6. The topological polar surface area (TPSA) is 99.4 Å². The van der Waals surface area contributed by atoms with Crippen LogP contribution in [0, 0.1) is 0 Å². The molecule has 0 saturated carbocycles. The SMILES string of the molecule is CCCCCCCCCCCCCCCCCCCCOC1OC(CO)C(O)C(O)C1O.ClC(Cl)Cl. The Morgan fingerprint density at radius 3 is 1.33 bits per heavy atom. The molecular weight excluding hydrogens is 527 g/mol. The van der Waals surface area contributed by atoms with Crippen molar-refractivity contribution in [1.82, 2.24) is 0 Å². The lowest BCUT2D eigenvalue weighted by atomic mass is 9.99. The van der Waals surface area contributed by atoms with Crippen molar-refractivity contribution in [3.8, 4) is 0 Å². The van der Waals surface area contributed by atoms with Crippen LogP contribution in [0.25, 0.3) is 0 Å². The van der Waals surface area contributed by atoms with Gasteiger partial charge in [0, 0.05) is 6.61 Å². The van der Waals surface area contributed by atoms with Crippen LogP contribution >= 0.6 is 34.8 Å². The zero-order valence-electron chi connectivity index (χ0n) is 22.3. The van der Waals surface area contributed by atoms with E-state index < -0.39 is 41.6 Å². The number of unbranched alkanes of at least 4 members (excludes halogenated alkanes) is 17. The second kappa shape index (κ2) is 25.9. The molecule has 0 aromatic carbocycles. The van der Waals surface area contributed by atoms with Crippen molar-refractivity contribution in [2.45, 2.75) is 157 Å². The van der Waals surface area contributed by atoms with Crippen molar-refractivity contribution < 1.29 is 29.9 Å². The third kappa shape index (κ3) is 20.6. The zero-order valence-corrected chi connectivity index (χ0v) is 24.6. The average Bonchev–Trinajstić information content (AvgIpc) is 2.85. The highest BCUT2D eigenvalue weighted by molar-refractivity contribution is 6.63. The third-order valence-electron chi connectivity index (χ3n) is 6.63. The minimum atomic E-state index is -1.37. The van der Waals surface area contributed by atoms with Gasteiger partial charge in [0.2, 0.25) is 0 Å². The number of aliphatic hydroxyl groups is 4. The maximum atomic E-state index is 9.93. The van der Waals surface area contributed by atoms with Crippen molar-refractivity contribution in [3.05, 3.63) is 0 Å². The Balaban J connectivity index is 0.00000283. The van der Waals surface area contributed by atoms with Crippen molar-refractivity contribution in [3.63, 3.8) is 0 Å². The van der Waals surface area contributed by atoms with Crippen LogP contribution < -0.4 is 0 Å². The van der Waals surface area contributed by atoms with Gasteiger partial charge in [-0.2, -0.15) is 0 Å². The van der Waals surface area contributed by atoms with Crippen molar-refractivity contribution >= 4 is 34.8 Å². The summed E-state index contributed by atoms with van der Waals surface area (Å²) in [6.45, 7) is 2.28. The molecule has 5 atom stereocenters. The predicted molar refractivity (Wildman–Crippen MR) is 150 cm³/mol. The predicted octanol–water partition coefficient (Wildman–Crippen LogP) is 6.83. The fourth-order valence-electron chi connectivity index (χ4n) is 4.41. The number of ether oxygens (including phenoxy) is 2. The van der Waals surface area contributed by atoms with Crippen LogP contribution in [0.2, 0.25) is 0 Å². The first-order valence-corrected chi connectivity index (χ1v) is 15.5. The lowest BCUT2D eigenvalue weighted by Crippen LogP contribution is -2.59. The van der Waals surface area contributed by atoms with E-state index in [0.717, 1.165) is 12.8 Å². The van der Waals surface area contributed by atoms with E-state index in [0.29, 0.717) is 6.61 Å². The second-order valence-electron chi connectivity index (χ2n) is 9.83. The molecule has 0 aromatic rings. The van der Waals surface area contributed by atoms with Gasteiger partial charge in [-0.3, -0.25) is 0 Å². The maximum absolute atomic E-state index is 9.93. The summed E-state index contributed by atoms with van der Waals surface area (Å²) in [5.74, 6) is 0. The molecule has 0 amide bonds. The molecule has 0 aromatic heterocycles. The van der Waals surface area contributed by atoms with E-state index in [-0.39, 0.29) is 0 Å². The summed E-state index contributed by atoms with van der Waals surface area (Å²) < 4.78 is 10.1. The average molecular weight is 580 g/mol. The lowest BCUT2D eigenvalue weighted by molar-refractivity contribution is -0.301. The highest BCUT2D eigenvalue weighted by atomic mass is 35.6. The van der Waals surface area contributed by atoms with Crippen LogP contribution in [0.3, 0.4) is 0 Å². The molecule has 1 fully saturated rings. The first-order valence-electron chi connectivity index (χ1n) is 14.2. The van der Waals surface area contributed by atoms with E-state index in [9.17, 15) is 20.4 Å². The molecular formula is C27H53Cl3O6. The van der Waals surface area contributed by atoms with Gasteiger partial charge in [-0.1, -0.05) is 151 Å². The lowest BCUT2D eigenvalue weighted by Gasteiger charge is -2.39. The Morgan fingerprint density at radius 1 is 0.611 bits per heavy atom. The molecule has 0 bridgehead atoms. The Labute approximate surface area is 235 Å². The van der Waals surface area contributed by atoms with Crippen molar-refractivity contribution in [1.29, 1.82) is 0 Å². The molecule has 36 heavy (non-hydrogen) atoms. The van der Waals surface area contributed by atoms with Gasteiger partial charge < -0.3 is 29.9 Å². The standard InChI is InChI=1S/C26H52O6.CHCl3/c1-2-3-4-5-6-7-8-9-10-11-12-13-14-15-16-17-18-19-20-31-26-25(30)24(29)23(28)22(21-27)32-26;2-1(3)4/h22-30H,2-21H2,1H3;1H. The second-order valence-corrected chi connectivity index (χ2v) is 11.8. The minimum absolute atomic E-state index is 0.427. The van der Waals surface area contributed by atoms with Gasteiger partial charge in [-0.15, -0.1) is 0 Å². The highest BCUT2D eigenvalue weighted by Gasteiger charge is 2.43. The summed E-state index contributed by atoms with van der Waals surface area (Å²) in [7, 11) is 0. The van der Waals surface area contributed by atoms with Crippen LogP contribution in [0.4, 0.5) is 0 Å². The normalized spacial score (nSPS) is 24.1. The maximum Gasteiger partial charge on any atom is 0.186 e.